The Labute approximate surface area is 195 Å². The SMILES string of the molecule is CC(=O)NC(Cc1c[nH]c2ccccc12)C(=O)NCc1ccc(CN2CCC(C)CC2)cc1. The van der Waals surface area contributed by atoms with Crippen molar-refractivity contribution in [2.45, 2.75) is 52.2 Å². The number of aromatic nitrogens is 1. The predicted octanol–water partition coefficient (Wildman–Crippen LogP) is 3.76. The Bertz CT molecular complexity index is 1080. The molecule has 1 fully saturated rings. The summed E-state index contributed by atoms with van der Waals surface area (Å²) in [7, 11) is 0. The van der Waals surface area contributed by atoms with Crippen molar-refractivity contribution in [3.8, 4) is 0 Å². The van der Waals surface area contributed by atoms with E-state index in [4.69, 9.17) is 0 Å². The number of fused-ring (bicyclic) bond motifs is 1. The van der Waals surface area contributed by atoms with Gasteiger partial charge in [0.05, 0.1) is 0 Å². The molecule has 3 N–H and O–H groups in total. The second kappa shape index (κ2) is 10.7. The highest BCUT2D eigenvalue weighted by Crippen LogP contribution is 2.20. The number of aromatic amines is 1. The molecule has 2 amide bonds. The quantitative estimate of drug-likeness (QED) is 0.493. The van der Waals surface area contributed by atoms with Gasteiger partial charge in [-0.1, -0.05) is 49.4 Å². The van der Waals surface area contributed by atoms with Crippen LogP contribution in [0.25, 0.3) is 10.9 Å². The molecule has 174 valence electrons. The average Bonchev–Trinajstić information content (AvgIpc) is 3.22. The zero-order valence-corrected chi connectivity index (χ0v) is 19.6. The van der Waals surface area contributed by atoms with Crippen LogP contribution in [0.1, 0.15) is 43.4 Å². The van der Waals surface area contributed by atoms with E-state index < -0.39 is 6.04 Å². The van der Waals surface area contributed by atoms with Gasteiger partial charge in [-0.3, -0.25) is 14.5 Å². The molecule has 2 aromatic carbocycles. The summed E-state index contributed by atoms with van der Waals surface area (Å²) in [5.41, 5.74) is 4.38. The van der Waals surface area contributed by atoms with Gasteiger partial charge in [0.1, 0.15) is 6.04 Å². The molecule has 0 spiro atoms. The second-order valence-corrected chi connectivity index (χ2v) is 9.31. The summed E-state index contributed by atoms with van der Waals surface area (Å²) < 4.78 is 0. The number of piperidine rings is 1. The summed E-state index contributed by atoms with van der Waals surface area (Å²) in [4.78, 5) is 30.4. The van der Waals surface area contributed by atoms with Crippen LogP contribution in [-0.2, 0) is 29.1 Å². The lowest BCUT2D eigenvalue weighted by atomic mass is 9.99. The fourth-order valence-electron chi connectivity index (χ4n) is 4.53. The monoisotopic (exact) mass is 446 g/mol. The lowest BCUT2D eigenvalue weighted by molar-refractivity contribution is -0.128. The van der Waals surface area contributed by atoms with Crippen LogP contribution in [0.4, 0.5) is 0 Å². The maximum Gasteiger partial charge on any atom is 0.243 e. The van der Waals surface area contributed by atoms with Crippen molar-refractivity contribution in [2.24, 2.45) is 5.92 Å². The van der Waals surface area contributed by atoms with Crippen LogP contribution in [0, 0.1) is 5.92 Å². The van der Waals surface area contributed by atoms with Gasteiger partial charge in [-0.05, 0) is 54.6 Å². The number of benzene rings is 2. The Kier molecular flexibility index (Phi) is 7.45. The maximum atomic E-state index is 12.9. The molecule has 1 unspecified atom stereocenters. The molecule has 3 aromatic rings. The molecule has 1 aromatic heterocycles. The van der Waals surface area contributed by atoms with E-state index in [1.165, 1.54) is 38.4 Å². The minimum atomic E-state index is -0.623. The molecular formula is C27H34N4O2. The highest BCUT2D eigenvalue weighted by atomic mass is 16.2. The van der Waals surface area contributed by atoms with Gasteiger partial charge in [0.2, 0.25) is 11.8 Å². The van der Waals surface area contributed by atoms with Crippen LogP contribution in [0.5, 0.6) is 0 Å². The number of likely N-dealkylation sites (tertiary alicyclic amines) is 1. The molecule has 0 bridgehead atoms. The lowest BCUT2D eigenvalue weighted by Crippen LogP contribution is -2.47. The van der Waals surface area contributed by atoms with Crippen molar-refractivity contribution in [1.82, 2.24) is 20.5 Å². The normalized spacial score (nSPS) is 15.9. The molecule has 1 saturated heterocycles. The summed E-state index contributed by atoms with van der Waals surface area (Å²) >= 11 is 0. The molecular weight excluding hydrogens is 412 g/mol. The minimum Gasteiger partial charge on any atom is -0.361 e. The third-order valence-corrected chi connectivity index (χ3v) is 6.57. The van der Waals surface area contributed by atoms with Gasteiger partial charge in [-0.15, -0.1) is 0 Å². The van der Waals surface area contributed by atoms with Crippen molar-refractivity contribution in [3.05, 3.63) is 71.4 Å². The second-order valence-electron chi connectivity index (χ2n) is 9.31. The third-order valence-electron chi connectivity index (χ3n) is 6.57. The lowest BCUT2D eigenvalue weighted by Gasteiger charge is -2.30. The number of carbonyl (C=O) groups is 2. The number of hydrogen-bond acceptors (Lipinski definition) is 3. The highest BCUT2D eigenvalue weighted by molar-refractivity contribution is 5.89. The minimum absolute atomic E-state index is 0.179. The number of para-hydroxylation sites is 1. The predicted molar refractivity (Wildman–Crippen MR) is 132 cm³/mol. The Hall–Kier alpha value is -3.12. The molecule has 4 rings (SSSR count). The van der Waals surface area contributed by atoms with Gasteiger partial charge in [0.25, 0.3) is 0 Å². The number of amides is 2. The van der Waals surface area contributed by atoms with Gasteiger partial charge in [0.15, 0.2) is 0 Å². The molecule has 1 aliphatic rings. The molecule has 6 nitrogen and oxygen atoms in total. The molecule has 1 atom stereocenters. The number of H-pyrrole nitrogens is 1. The molecule has 6 heteroatoms. The first-order valence-corrected chi connectivity index (χ1v) is 11.9. The standard InChI is InChI=1S/C27H34N4O2/c1-19-11-13-31(14-12-19)18-22-9-7-21(8-10-22)16-29-27(33)26(30-20(2)32)15-23-17-28-25-6-4-3-5-24(23)25/h3-10,17,19,26,28H,11-16,18H2,1-2H3,(H,29,33)(H,30,32). The van der Waals surface area contributed by atoms with E-state index in [0.717, 1.165) is 34.5 Å². The molecule has 0 radical (unpaired) electrons. The number of hydrogen-bond donors (Lipinski definition) is 3. The molecule has 2 heterocycles. The van der Waals surface area contributed by atoms with Crippen molar-refractivity contribution in [1.29, 1.82) is 0 Å². The van der Waals surface area contributed by atoms with E-state index in [1.807, 2.05) is 30.5 Å². The van der Waals surface area contributed by atoms with Gasteiger partial charge in [-0.2, -0.15) is 0 Å². The zero-order chi connectivity index (χ0) is 23.2. The van der Waals surface area contributed by atoms with Crippen molar-refractivity contribution in [3.63, 3.8) is 0 Å². The van der Waals surface area contributed by atoms with Crippen LogP contribution >= 0.6 is 0 Å². The molecule has 1 aliphatic heterocycles. The average molecular weight is 447 g/mol. The van der Waals surface area contributed by atoms with Crippen LogP contribution in [0.3, 0.4) is 0 Å². The Morgan fingerprint density at radius 1 is 1.06 bits per heavy atom. The molecule has 0 saturated carbocycles. The molecule has 0 aliphatic carbocycles. The fraction of sp³-hybridized carbons (Fsp3) is 0.407. The largest absolute Gasteiger partial charge is 0.361 e. The fourth-order valence-corrected chi connectivity index (χ4v) is 4.53. The first-order valence-electron chi connectivity index (χ1n) is 11.9. The van der Waals surface area contributed by atoms with E-state index in [1.54, 1.807) is 0 Å². The van der Waals surface area contributed by atoms with Crippen molar-refractivity contribution in [2.75, 3.05) is 13.1 Å². The first kappa shape index (κ1) is 23.1. The summed E-state index contributed by atoms with van der Waals surface area (Å²) in [6.07, 6.45) is 4.90. The molecule has 33 heavy (non-hydrogen) atoms. The summed E-state index contributed by atoms with van der Waals surface area (Å²) in [5.74, 6) is 0.443. The number of nitrogens with one attached hydrogen (secondary N) is 3. The van der Waals surface area contributed by atoms with Crippen LogP contribution in [0.15, 0.2) is 54.7 Å². The van der Waals surface area contributed by atoms with Crippen LogP contribution in [0.2, 0.25) is 0 Å². The summed E-state index contributed by atoms with van der Waals surface area (Å²) in [6, 6.07) is 15.8. The van der Waals surface area contributed by atoms with Crippen molar-refractivity contribution >= 4 is 22.7 Å². The van der Waals surface area contributed by atoms with Crippen LogP contribution in [-0.4, -0.2) is 40.8 Å². The van der Waals surface area contributed by atoms with E-state index in [2.05, 4.69) is 51.7 Å². The first-order chi connectivity index (χ1) is 16.0. The number of rotatable bonds is 8. The summed E-state index contributed by atoms with van der Waals surface area (Å²) in [6.45, 7) is 7.52. The summed E-state index contributed by atoms with van der Waals surface area (Å²) in [5, 5.41) is 6.87. The smallest absolute Gasteiger partial charge is 0.243 e. The van der Waals surface area contributed by atoms with Gasteiger partial charge in [-0.25, -0.2) is 0 Å². The van der Waals surface area contributed by atoms with Gasteiger partial charge in [0, 0.05) is 43.5 Å². The van der Waals surface area contributed by atoms with Crippen LogP contribution < -0.4 is 10.6 Å². The topological polar surface area (TPSA) is 77.2 Å². The maximum absolute atomic E-state index is 12.9. The van der Waals surface area contributed by atoms with E-state index in [0.29, 0.717) is 13.0 Å². The Balaban J connectivity index is 1.33. The van der Waals surface area contributed by atoms with E-state index in [-0.39, 0.29) is 11.8 Å². The van der Waals surface area contributed by atoms with Gasteiger partial charge < -0.3 is 15.6 Å². The van der Waals surface area contributed by atoms with Gasteiger partial charge >= 0.3 is 0 Å². The highest BCUT2D eigenvalue weighted by Gasteiger charge is 2.21. The van der Waals surface area contributed by atoms with E-state index in [9.17, 15) is 9.59 Å². The zero-order valence-electron chi connectivity index (χ0n) is 19.6. The number of carbonyl (C=O) groups excluding carboxylic acids is 2. The third kappa shape index (κ3) is 6.23. The van der Waals surface area contributed by atoms with E-state index >= 15 is 0 Å². The Morgan fingerprint density at radius 2 is 1.76 bits per heavy atom. The van der Waals surface area contributed by atoms with Crippen molar-refractivity contribution < 1.29 is 9.59 Å². The Morgan fingerprint density at radius 3 is 2.48 bits per heavy atom. The number of nitrogens with zero attached hydrogens (tertiary/aromatic N) is 1.